The first-order chi connectivity index (χ1) is 16.9. The summed E-state index contributed by atoms with van der Waals surface area (Å²) in [4.78, 5) is 13.1. The molecule has 1 N–H and O–H groups in total. The lowest BCUT2D eigenvalue weighted by molar-refractivity contribution is 0.148. The fraction of sp³-hybridized carbons (Fsp3) is 0.393. The maximum absolute atomic E-state index is 6.27. The van der Waals surface area contributed by atoms with E-state index in [4.69, 9.17) is 25.7 Å². The van der Waals surface area contributed by atoms with Gasteiger partial charge in [0.1, 0.15) is 11.5 Å². The van der Waals surface area contributed by atoms with Crippen molar-refractivity contribution < 1.29 is 9.15 Å². The van der Waals surface area contributed by atoms with E-state index in [1.165, 1.54) is 5.56 Å². The predicted octanol–water partition coefficient (Wildman–Crippen LogP) is 7.11. The number of rotatable bonds is 8. The van der Waals surface area contributed by atoms with E-state index in [2.05, 4.69) is 53.9 Å². The van der Waals surface area contributed by atoms with Gasteiger partial charge in [-0.3, -0.25) is 4.90 Å². The van der Waals surface area contributed by atoms with E-state index < -0.39 is 0 Å². The topological polar surface area (TPSA) is 57.5 Å². The molecule has 38 heavy (non-hydrogen) atoms. The molecule has 1 fully saturated rings. The van der Waals surface area contributed by atoms with Gasteiger partial charge in [-0.1, -0.05) is 31.5 Å². The molecule has 6 nitrogen and oxygen atoms in total. The van der Waals surface area contributed by atoms with E-state index in [1.54, 1.807) is 0 Å². The summed E-state index contributed by atoms with van der Waals surface area (Å²) < 4.78 is 12.2. The average molecular weight is 602 g/mol. The second-order valence-electron chi connectivity index (χ2n) is 9.92. The number of piperazine rings is 1. The summed E-state index contributed by atoms with van der Waals surface area (Å²) in [6.07, 6.45) is 0.601. The van der Waals surface area contributed by atoms with Crippen molar-refractivity contribution in [2.75, 3.05) is 39.8 Å². The number of aromatic amines is 1. The fourth-order valence-electron chi connectivity index (χ4n) is 4.40. The van der Waals surface area contributed by atoms with E-state index in [0.717, 1.165) is 72.4 Å². The van der Waals surface area contributed by atoms with Crippen molar-refractivity contribution in [3.05, 3.63) is 70.4 Å². The zero-order valence-electron chi connectivity index (χ0n) is 21.9. The number of imidazole rings is 1. The molecule has 2 aromatic heterocycles. The molecular weight excluding hydrogens is 566 g/mol. The van der Waals surface area contributed by atoms with Crippen LogP contribution in [0.5, 0.6) is 5.75 Å². The summed E-state index contributed by atoms with van der Waals surface area (Å²) in [5.41, 5.74) is 4.27. The first kappa shape index (κ1) is 32.3. The van der Waals surface area contributed by atoms with Crippen molar-refractivity contribution in [2.45, 2.75) is 26.8 Å². The third kappa shape index (κ3) is 8.04. The SMILES string of the molecule is CC(C)COc1ccc(Cl)cc1Cc1ccc(-c2nc3cc(CN4CCN(C)CC4)ccc3[nH]2)o1.Cl.Cl.Cl. The van der Waals surface area contributed by atoms with Gasteiger partial charge in [0.25, 0.3) is 0 Å². The number of hydrogen-bond donors (Lipinski definition) is 1. The Morgan fingerprint density at radius 3 is 2.50 bits per heavy atom. The number of nitrogens with one attached hydrogen (secondary N) is 1. The molecule has 0 unspecified atom stereocenters. The average Bonchev–Trinajstić information content (AvgIpc) is 3.46. The lowest BCUT2D eigenvalue weighted by Crippen LogP contribution is -2.43. The van der Waals surface area contributed by atoms with Crippen LogP contribution in [0.25, 0.3) is 22.6 Å². The first-order valence-corrected chi connectivity index (χ1v) is 12.7. The minimum atomic E-state index is 0. The molecule has 0 saturated carbocycles. The molecule has 0 spiro atoms. The highest BCUT2D eigenvalue weighted by Gasteiger charge is 2.16. The van der Waals surface area contributed by atoms with Crippen molar-refractivity contribution in [1.82, 2.24) is 19.8 Å². The van der Waals surface area contributed by atoms with E-state index in [0.29, 0.717) is 24.0 Å². The summed E-state index contributed by atoms with van der Waals surface area (Å²) >= 11 is 6.27. The van der Waals surface area contributed by atoms with Gasteiger partial charge in [0.05, 0.1) is 17.6 Å². The minimum Gasteiger partial charge on any atom is -0.493 e. The zero-order chi connectivity index (χ0) is 24.4. The highest BCUT2D eigenvalue weighted by molar-refractivity contribution is 6.30. The van der Waals surface area contributed by atoms with Gasteiger partial charge in [0, 0.05) is 49.7 Å². The molecule has 0 atom stereocenters. The summed E-state index contributed by atoms with van der Waals surface area (Å²) in [5, 5.41) is 0.688. The Balaban J connectivity index is 0.00000169. The number of H-pyrrole nitrogens is 1. The largest absolute Gasteiger partial charge is 0.493 e. The Bertz CT molecular complexity index is 1300. The lowest BCUT2D eigenvalue weighted by Gasteiger charge is -2.32. The van der Waals surface area contributed by atoms with Gasteiger partial charge in [-0.15, -0.1) is 37.2 Å². The number of aromatic nitrogens is 2. The molecule has 5 rings (SSSR count). The third-order valence-corrected chi connectivity index (χ3v) is 6.64. The Labute approximate surface area is 248 Å². The summed E-state index contributed by atoms with van der Waals surface area (Å²) in [5.74, 6) is 3.60. The highest BCUT2D eigenvalue weighted by atomic mass is 35.5. The van der Waals surface area contributed by atoms with Gasteiger partial charge in [0.2, 0.25) is 0 Å². The second-order valence-corrected chi connectivity index (χ2v) is 10.4. The quantitative estimate of drug-likeness (QED) is 0.233. The van der Waals surface area contributed by atoms with Crippen LogP contribution >= 0.6 is 48.8 Å². The van der Waals surface area contributed by atoms with Crippen LogP contribution in [-0.4, -0.2) is 59.6 Å². The number of halogens is 4. The number of furan rings is 1. The summed E-state index contributed by atoms with van der Waals surface area (Å²) in [6, 6.07) is 16.2. The van der Waals surface area contributed by atoms with Crippen molar-refractivity contribution in [1.29, 1.82) is 0 Å². The highest BCUT2D eigenvalue weighted by Crippen LogP contribution is 2.29. The molecule has 1 aliphatic heterocycles. The molecule has 3 heterocycles. The van der Waals surface area contributed by atoms with Crippen LogP contribution in [0.3, 0.4) is 0 Å². The van der Waals surface area contributed by atoms with Gasteiger partial charge < -0.3 is 19.0 Å². The van der Waals surface area contributed by atoms with Crippen molar-refractivity contribution in [2.24, 2.45) is 5.92 Å². The maximum Gasteiger partial charge on any atom is 0.174 e. The Hall–Kier alpha value is -1.93. The van der Waals surface area contributed by atoms with E-state index in [1.807, 2.05) is 30.3 Å². The number of hydrogen-bond acceptors (Lipinski definition) is 5. The monoisotopic (exact) mass is 600 g/mol. The normalized spacial score (nSPS) is 14.1. The smallest absolute Gasteiger partial charge is 0.174 e. The van der Waals surface area contributed by atoms with Gasteiger partial charge >= 0.3 is 0 Å². The van der Waals surface area contributed by atoms with E-state index in [9.17, 15) is 0 Å². The molecule has 1 saturated heterocycles. The molecular formula is C28H36Cl4N4O2. The van der Waals surface area contributed by atoms with Crippen LogP contribution in [-0.2, 0) is 13.0 Å². The maximum atomic E-state index is 6.27. The summed E-state index contributed by atoms with van der Waals surface area (Å²) in [6.45, 7) is 10.3. The third-order valence-electron chi connectivity index (χ3n) is 6.40. The van der Waals surface area contributed by atoms with Crippen molar-refractivity contribution in [3.8, 4) is 17.3 Å². The zero-order valence-corrected chi connectivity index (χ0v) is 25.1. The van der Waals surface area contributed by atoms with Crippen molar-refractivity contribution >= 4 is 59.9 Å². The molecule has 0 bridgehead atoms. The van der Waals surface area contributed by atoms with Crippen LogP contribution in [0.15, 0.2) is 52.9 Å². The molecule has 1 aliphatic rings. The number of likely N-dealkylation sites (N-methyl/N-ethyl adjacent to an activating group) is 1. The van der Waals surface area contributed by atoms with Crippen LogP contribution in [0.4, 0.5) is 0 Å². The predicted molar refractivity (Wildman–Crippen MR) is 163 cm³/mol. The minimum absolute atomic E-state index is 0. The number of nitrogens with zero attached hydrogens (tertiary/aromatic N) is 3. The first-order valence-electron chi connectivity index (χ1n) is 12.3. The molecule has 10 heteroatoms. The number of benzene rings is 2. The van der Waals surface area contributed by atoms with Crippen LogP contribution in [0.1, 0.15) is 30.7 Å². The molecule has 0 aliphatic carbocycles. The number of fused-ring (bicyclic) bond motifs is 1. The van der Waals surface area contributed by atoms with E-state index in [-0.39, 0.29) is 37.2 Å². The van der Waals surface area contributed by atoms with Crippen LogP contribution in [0, 0.1) is 5.92 Å². The van der Waals surface area contributed by atoms with Crippen LogP contribution < -0.4 is 4.74 Å². The Morgan fingerprint density at radius 1 is 1.00 bits per heavy atom. The Kier molecular flexibility index (Phi) is 12.3. The van der Waals surface area contributed by atoms with Crippen LogP contribution in [0.2, 0.25) is 5.02 Å². The second kappa shape index (κ2) is 14.5. The van der Waals surface area contributed by atoms with Gasteiger partial charge in [-0.05, 0) is 61.0 Å². The molecule has 4 aromatic rings. The molecule has 0 amide bonds. The lowest BCUT2D eigenvalue weighted by atomic mass is 10.1. The summed E-state index contributed by atoms with van der Waals surface area (Å²) in [7, 11) is 2.18. The number of ether oxygens (including phenoxy) is 1. The molecule has 208 valence electrons. The fourth-order valence-corrected chi connectivity index (χ4v) is 4.60. The van der Waals surface area contributed by atoms with Crippen molar-refractivity contribution in [3.63, 3.8) is 0 Å². The van der Waals surface area contributed by atoms with Gasteiger partial charge in [-0.25, -0.2) is 4.98 Å². The Morgan fingerprint density at radius 2 is 1.76 bits per heavy atom. The molecule has 0 radical (unpaired) electrons. The van der Waals surface area contributed by atoms with Gasteiger partial charge in [-0.2, -0.15) is 0 Å². The molecule has 2 aromatic carbocycles. The standard InChI is InChI=1S/C28H33ClN4O2.3ClH/c1-19(2)18-34-26-8-5-22(29)15-21(26)16-23-6-9-27(35-23)28-30-24-7-4-20(14-25(24)31-28)17-33-12-10-32(3)11-13-33;;;/h4-9,14-15,19H,10-13,16-18H2,1-3H3,(H,30,31);3*1H. The van der Waals surface area contributed by atoms with Gasteiger partial charge in [0.15, 0.2) is 11.6 Å². The van der Waals surface area contributed by atoms with E-state index >= 15 is 0 Å².